The van der Waals surface area contributed by atoms with Crippen molar-refractivity contribution < 1.29 is 13.2 Å². The van der Waals surface area contributed by atoms with E-state index in [2.05, 4.69) is 10.3 Å². The minimum absolute atomic E-state index is 0.00482. The van der Waals surface area contributed by atoms with Crippen molar-refractivity contribution in [2.45, 2.75) is 4.90 Å². The molecule has 2 aliphatic rings. The Morgan fingerprint density at radius 1 is 1.40 bits per heavy atom. The topological polar surface area (TPSA) is 79.4 Å². The summed E-state index contributed by atoms with van der Waals surface area (Å²) < 4.78 is 26.2. The van der Waals surface area contributed by atoms with Crippen molar-refractivity contribution in [1.29, 1.82) is 0 Å². The summed E-state index contributed by atoms with van der Waals surface area (Å²) in [7, 11) is -1.93. The van der Waals surface area contributed by atoms with E-state index >= 15 is 0 Å². The average molecular weight is 316 g/mol. The van der Waals surface area contributed by atoms with Gasteiger partial charge < -0.3 is 5.32 Å². The Morgan fingerprint density at radius 2 is 2.05 bits per heavy atom. The Labute approximate surface area is 122 Å². The molecule has 1 aromatic heterocycles. The molecule has 1 unspecified atom stereocenters. The quantitative estimate of drug-likeness (QED) is 0.816. The first-order valence-corrected chi connectivity index (χ1v) is 8.10. The largest absolute Gasteiger partial charge is 0.359 e. The first kappa shape index (κ1) is 13.8. The van der Waals surface area contributed by atoms with Gasteiger partial charge in [-0.3, -0.25) is 4.79 Å². The number of hydrogen-bond acceptors (Lipinski definition) is 4. The molecule has 8 heteroatoms. The van der Waals surface area contributed by atoms with Crippen molar-refractivity contribution in [3.05, 3.63) is 23.5 Å². The van der Waals surface area contributed by atoms with Gasteiger partial charge in [-0.1, -0.05) is 11.6 Å². The summed E-state index contributed by atoms with van der Waals surface area (Å²) in [4.78, 5) is 15.5. The summed E-state index contributed by atoms with van der Waals surface area (Å²) in [5.41, 5.74) is 0. The molecule has 1 N–H and O–H groups in total. The predicted octanol–water partition coefficient (Wildman–Crippen LogP) is 0.347. The lowest BCUT2D eigenvalue weighted by atomic mass is 10.2. The number of nitrogens with one attached hydrogen (secondary N) is 1. The maximum atomic E-state index is 12.4. The lowest BCUT2D eigenvalue weighted by Crippen LogP contribution is -2.34. The maximum Gasteiger partial charge on any atom is 0.244 e. The molecule has 2 fully saturated rings. The zero-order valence-electron chi connectivity index (χ0n) is 10.8. The van der Waals surface area contributed by atoms with Crippen LogP contribution in [0.15, 0.2) is 23.2 Å². The molecule has 1 saturated heterocycles. The summed E-state index contributed by atoms with van der Waals surface area (Å²) in [5.74, 6) is 0.259. The number of carbonyl (C=O) groups is 1. The Hall–Kier alpha value is -1.18. The third kappa shape index (κ3) is 2.10. The molecule has 0 radical (unpaired) electrons. The Bertz CT molecular complexity index is 634. The number of carbonyl (C=O) groups excluding carboxylic acids is 1. The number of piperidine rings is 1. The third-order valence-electron chi connectivity index (χ3n) is 4.05. The number of rotatable bonds is 3. The minimum atomic E-state index is -3.53. The summed E-state index contributed by atoms with van der Waals surface area (Å²) >= 11 is 5.66. The van der Waals surface area contributed by atoms with E-state index in [-0.39, 0.29) is 33.7 Å². The number of aromatic nitrogens is 1. The second-order valence-electron chi connectivity index (χ2n) is 5.11. The first-order chi connectivity index (χ1) is 9.45. The molecule has 0 bridgehead atoms. The van der Waals surface area contributed by atoms with E-state index in [4.69, 9.17) is 11.6 Å². The molecule has 108 valence electrons. The Balaban J connectivity index is 1.74. The van der Waals surface area contributed by atoms with E-state index in [1.54, 1.807) is 7.05 Å². The van der Waals surface area contributed by atoms with Crippen LogP contribution in [0.5, 0.6) is 0 Å². The molecule has 3 rings (SSSR count). The maximum absolute atomic E-state index is 12.4. The second-order valence-corrected chi connectivity index (χ2v) is 7.43. The Kier molecular flexibility index (Phi) is 3.23. The van der Waals surface area contributed by atoms with Gasteiger partial charge in [0.05, 0.1) is 0 Å². The van der Waals surface area contributed by atoms with Crippen molar-refractivity contribution in [2.24, 2.45) is 17.8 Å². The van der Waals surface area contributed by atoms with Crippen molar-refractivity contribution in [3.63, 3.8) is 0 Å². The monoisotopic (exact) mass is 315 g/mol. The molecule has 2 heterocycles. The van der Waals surface area contributed by atoms with E-state index in [1.165, 1.54) is 22.6 Å². The average Bonchev–Trinajstić information content (AvgIpc) is 2.92. The van der Waals surface area contributed by atoms with E-state index in [0.29, 0.717) is 13.1 Å². The number of nitrogens with zero attached hydrogens (tertiary/aromatic N) is 2. The molecule has 1 aliphatic heterocycles. The first-order valence-electron chi connectivity index (χ1n) is 6.28. The van der Waals surface area contributed by atoms with Gasteiger partial charge in [0.2, 0.25) is 15.9 Å². The van der Waals surface area contributed by atoms with E-state index in [9.17, 15) is 13.2 Å². The fourth-order valence-electron chi connectivity index (χ4n) is 2.90. The van der Waals surface area contributed by atoms with Gasteiger partial charge >= 0.3 is 0 Å². The van der Waals surface area contributed by atoms with Gasteiger partial charge in [0.25, 0.3) is 0 Å². The molecular formula is C12H14ClN3O3S. The fraction of sp³-hybridized carbons (Fsp3) is 0.500. The Morgan fingerprint density at radius 3 is 2.55 bits per heavy atom. The van der Waals surface area contributed by atoms with Crippen molar-refractivity contribution in [3.8, 4) is 0 Å². The molecule has 0 spiro atoms. The molecule has 1 amide bonds. The lowest BCUT2D eigenvalue weighted by Gasteiger charge is -2.19. The van der Waals surface area contributed by atoms with E-state index < -0.39 is 10.0 Å². The van der Waals surface area contributed by atoms with E-state index in [0.717, 1.165) is 0 Å². The van der Waals surface area contributed by atoms with Crippen molar-refractivity contribution in [1.82, 2.24) is 14.6 Å². The summed E-state index contributed by atoms with van der Waals surface area (Å²) in [5, 5.41) is 2.87. The van der Waals surface area contributed by atoms with Gasteiger partial charge in [-0.05, 0) is 24.0 Å². The predicted molar refractivity (Wildman–Crippen MR) is 72.5 cm³/mol. The standard InChI is InChI=1S/C12H14ClN3O3S/c1-14-12(17)11-8-5-16(6-9(8)11)20(18,19)7-2-3-10(13)15-4-7/h2-4,8-9,11H,5-6H2,1H3,(H,14,17)/t8-,9+,11?. The van der Waals surface area contributed by atoms with Gasteiger partial charge in [0.1, 0.15) is 10.0 Å². The van der Waals surface area contributed by atoms with Gasteiger partial charge in [-0.25, -0.2) is 13.4 Å². The van der Waals surface area contributed by atoms with Gasteiger partial charge in [0.15, 0.2) is 0 Å². The molecule has 6 nitrogen and oxygen atoms in total. The number of halogens is 1. The number of pyridine rings is 1. The zero-order chi connectivity index (χ0) is 14.5. The highest BCUT2D eigenvalue weighted by atomic mass is 35.5. The molecular weight excluding hydrogens is 302 g/mol. The molecule has 20 heavy (non-hydrogen) atoms. The van der Waals surface area contributed by atoms with Crippen LogP contribution in [0.3, 0.4) is 0 Å². The minimum Gasteiger partial charge on any atom is -0.359 e. The van der Waals surface area contributed by atoms with Crippen LogP contribution in [0.2, 0.25) is 5.15 Å². The van der Waals surface area contributed by atoms with Crippen molar-refractivity contribution in [2.75, 3.05) is 20.1 Å². The molecule has 1 aromatic rings. The summed E-state index contributed by atoms with van der Waals surface area (Å²) in [6.45, 7) is 0.793. The third-order valence-corrected chi connectivity index (χ3v) is 6.09. The fourth-order valence-corrected chi connectivity index (χ4v) is 4.48. The van der Waals surface area contributed by atoms with Crippen molar-refractivity contribution >= 4 is 27.5 Å². The molecule has 1 aliphatic carbocycles. The second kappa shape index (κ2) is 4.68. The number of hydrogen-bond donors (Lipinski definition) is 1. The lowest BCUT2D eigenvalue weighted by molar-refractivity contribution is -0.122. The van der Waals surface area contributed by atoms with Crippen LogP contribution in [0.25, 0.3) is 0 Å². The van der Waals surface area contributed by atoms with Crippen LogP contribution in [0.4, 0.5) is 0 Å². The van der Waals surface area contributed by atoms with E-state index in [1.807, 2.05) is 0 Å². The molecule has 0 aromatic carbocycles. The highest BCUT2D eigenvalue weighted by molar-refractivity contribution is 7.89. The highest BCUT2D eigenvalue weighted by Crippen LogP contribution is 2.52. The van der Waals surface area contributed by atoms with Crippen LogP contribution < -0.4 is 5.32 Å². The van der Waals surface area contributed by atoms with Crippen LogP contribution in [0, 0.1) is 17.8 Å². The molecule has 1 saturated carbocycles. The summed E-state index contributed by atoms with van der Waals surface area (Å²) in [6, 6.07) is 2.91. The smallest absolute Gasteiger partial charge is 0.244 e. The van der Waals surface area contributed by atoms with Crippen LogP contribution in [-0.4, -0.2) is 43.8 Å². The van der Waals surface area contributed by atoms with Gasteiger partial charge in [-0.2, -0.15) is 4.31 Å². The van der Waals surface area contributed by atoms with Crippen LogP contribution in [-0.2, 0) is 14.8 Å². The van der Waals surface area contributed by atoms with Crippen LogP contribution >= 0.6 is 11.6 Å². The SMILES string of the molecule is CNC(=O)C1[C@H]2CN(S(=O)(=O)c3ccc(Cl)nc3)C[C@@H]12. The van der Waals surface area contributed by atoms with Crippen LogP contribution in [0.1, 0.15) is 0 Å². The number of amides is 1. The number of fused-ring (bicyclic) bond motifs is 1. The zero-order valence-corrected chi connectivity index (χ0v) is 12.4. The number of sulfonamides is 1. The van der Waals surface area contributed by atoms with Gasteiger partial charge in [-0.15, -0.1) is 0 Å². The summed E-state index contributed by atoms with van der Waals surface area (Å²) in [6.07, 6.45) is 1.26. The highest BCUT2D eigenvalue weighted by Gasteiger charge is 2.61. The normalized spacial score (nSPS) is 29.0. The molecule has 3 atom stereocenters. The van der Waals surface area contributed by atoms with Gasteiger partial charge in [0, 0.05) is 32.3 Å².